The molecule has 0 heterocycles. The number of carbonyl (C=O) groups excluding carboxylic acids is 1. The fourth-order valence-electron chi connectivity index (χ4n) is 1.89. The van der Waals surface area contributed by atoms with Gasteiger partial charge < -0.3 is 10.4 Å². The summed E-state index contributed by atoms with van der Waals surface area (Å²) in [6, 6.07) is 10.7. The Morgan fingerprint density at radius 2 is 2.00 bits per heavy atom. The van der Waals surface area contributed by atoms with Crippen molar-refractivity contribution < 1.29 is 14.3 Å². The highest BCUT2D eigenvalue weighted by Gasteiger charge is 2.12. The van der Waals surface area contributed by atoms with Crippen molar-refractivity contribution in [3.63, 3.8) is 0 Å². The largest absolute Gasteiger partial charge is 0.508 e. The molecule has 2 aromatic rings. The Morgan fingerprint density at radius 3 is 2.65 bits per heavy atom. The molecule has 0 fully saturated rings. The standard InChI is InChI=1S/C16H16FNO2/c1-10-6-7-12(9-15(10)17)11(2)18-16(20)13-4-3-5-14(19)8-13/h3-9,11,19H,1-2H3,(H,18,20). The van der Waals surface area contributed by atoms with Crippen molar-refractivity contribution >= 4 is 5.91 Å². The Morgan fingerprint density at radius 1 is 1.25 bits per heavy atom. The first kappa shape index (κ1) is 14.1. The van der Waals surface area contributed by atoms with Crippen LogP contribution in [0.15, 0.2) is 42.5 Å². The number of aromatic hydroxyl groups is 1. The van der Waals surface area contributed by atoms with Gasteiger partial charge >= 0.3 is 0 Å². The van der Waals surface area contributed by atoms with E-state index in [2.05, 4.69) is 5.32 Å². The highest BCUT2D eigenvalue weighted by atomic mass is 19.1. The second-order valence-corrected chi connectivity index (χ2v) is 4.75. The van der Waals surface area contributed by atoms with Gasteiger partial charge in [0.25, 0.3) is 5.91 Å². The Hall–Kier alpha value is -2.36. The highest BCUT2D eigenvalue weighted by molar-refractivity contribution is 5.94. The van der Waals surface area contributed by atoms with E-state index in [-0.39, 0.29) is 23.5 Å². The maximum Gasteiger partial charge on any atom is 0.251 e. The number of phenolic OH excluding ortho intramolecular Hbond substituents is 1. The van der Waals surface area contributed by atoms with Crippen LogP contribution in [0.4, 0.5) is 4.39 Å². The van der Waals surface area contributed by atoms with Crippen LogP contribution >= 0.6 is 0 Å². The summed E-state index contributed by atoms with van der Waals surface area (Å²) in [6.07, 6.45) is 0. The Balaban J connectivity index is 2.13. The lowest BCUT2D eigenvalue weighted by molar-refractivity contribution is 0.0939. The van der Waals surface area contributed by atoms with Crippen molar-refractivity contribution in [2.45, 2.75) is 19.9 Å². The van der Waals surface area contributed by atoms with Crippen LogP contribution < -0.4 is 5.32 Å². The quantitative estimate of drug-likeness (QED) is 0.901. The van der Waals surface area contributed by atoms with Crippen LogP contribution in [-0.4, -0.2) is 11.0 Å². The van der Waals surface area contributed by atoms with E-state index in [1.807, 2.05) is 0 Å². The van der Waals surface area contributed by atoms with E-state index in [1.54, 1.807) is 38.1 Å². The fraction of sp³-hybridized carbons (Fsp3) is 0.188. The molecule has 0 aliphatic carbocycles. The van der Waals surface area contributed by atoms with Gasteiger partial charge in [0, 0.05) is 5.56 Å². The molecule has 0 saturated heterocycles. The van der Waals surface area contributed by atoms with Crippen molar-refractivity contribution in [2.24, 2.45) is 0 Å². The molecule has 2 aromatic carbocycles. The first-order chi connectivity index (χ1) is 9.47. The Kier molecular flexibility index (Phi) is 4.03. The molecular weight excluding hydrogens is 257 g/mol. The first-order valence-electron chi connectivity index (χ1n) is 6.33. The first-order valence-corrected chi connectivity index (χ1v) is 6.33. The molecule has 0 aliphatic heterocycles. The van der Waals surface area contributed by atoms with Crippen LogP contribution in [0, 0.1) is 12.7 Å². The van der Waals surface area contributed by atoms with E-state index >= 15 is 0 Å². The molecule has 0 radical (unpaired) electrons. The fourth-order valence-corrected chi connectivity index (χ4v) is 1.89. The second-order valence-electron chi connectivity index (χ2n) is 4.75. The van der Waals surface area contributed by atoms with Crippen LogP contribution in [0.1, 0.15) is 34.5 Å². The van der Waals surface area contributed by atoms with Gasteiger partial charge in [0.05, 0.1) is 6.04 Å². The van der Waals surface area contributed by atoms with Crippen LogP contribution in [0.2, 0.25) is 0 Å². The van der Waals surface area contributed by atoms with Gasteiger partial charge in [-0.05, 0) is 49.2 Å². The van der Waals surface area contributed by atoms with Gasteiger partial charge in [-0.1, -0.05) is 18.2 Å². The SMILES string of the molecule is Cc1ccc(C(C)NC(=O)c2cccc(O)c2)cc1F. The summed E-state index contributed by atoms with van der Waals surface area (Å²) in [7, 11) is 0. The Bertz CT molecular complexity index is 640. The predicted molar refractivity (Wildman–Crippen MR) is 75.1 cm³/mol. The topological polar surface area (TPSA) is 49.3 Å². The molecule has 1 amide bonds. The van der Waals surface area contributed by atoms with Crippen molar-refractivity contribution in [2.75, 3.05) is 0 Å². The van der Waals surface area contributed by atoms with Crippen LogP contribution in [0.3, 0.4) is 0 Å². The molecule has 0 aromatic heterocycles. The molecule has 20 heavy (non-hydrogen) atoms. The zero-order valence-corrected chi connectivity index (χ0v) is 11.4. The number of hydrogen-bond donors (Lipinski definition) is 2. The smallest absolute Gasteiger partial charge is 0.251 e. The third kappa shape index (κ3) is 3.15. The average molecular weight is 273 g/mol. The summed E-state index contributed by atoms with van der Waals surface area (Å²) in [5.41, 5.74) is 1.63. The molecule has 2 rings (SSSR count). The van der Waals surface area contributed by atoms with Gasteiger partial charge in [0.1, 0.15) is 11.6 Å². The number of carbonyl (C=O) groups is 1. The summed E-state index contributed by atoms with van der Waals surface area (Å²) < 4.78 is 13.5. The van der Waals surface area contributed by atoms with Crippen LogP contribution in [0.5, 0.6) is 5.75 Å². The molecular formula is C16H16FNO2. The van der Waals surface area contributed by atoms with Gasteiger partial charge in [-0.2, -0.15) is 0 Å². The second kappa shape index (κ2) is 5.74. The van der Waals surface area contributed by atoms with Gasteiger partial charge in [-0.15, -0.1) is 0 Å². The molecule has 1 unspecified atom stereocenters. The minimum Gasteiger partial charge on any atom is -0.508 e. The average Bonchev–Trinajstić information content (AvgIpc) is 2.41. The third-order valence-electron chi connectivity index (χ3n) is 3.15. The molecule has 0 spiro atoms. The minimum atomic E-state index is -0.319. The maximum atomic E-state index is 13.5. The number of halogens is 1. The van der Waals surface area contributed by atoms with E-state index in [1.165, 1.54) is 18.2 Å². The molecule has 3 nitrogen and oxygen atoms in total. The van der Waals surface area contributed by atoms with E-state index in [0.717, 1.165) is 0 Å². The van der Waals surface area contributed by atoms with Crippen LogP contribution in [-0.2, 0) is 0 Å². The summed E-state index contributed by atoms with van der Waals surface area (Å²) in [6.45, 7) is 3.47. The summed E-state index contributed by atoms with van der Waals surface area (Å²) in [4.78, 5) is 12.0. The molecule has 2 N–H and O–H groups in total. The number of rotatable bonds is 3. The number of benzene rings is 2. The van der Waals surface area contributed by atoms with E-state index < -0.39 is 0 Å². The van der Waals surface area contributed by atoms with E-state index in [9.17, 15) is 14.3 Å². The van der Waals surface area contributed by atoms with Gasteiger partial charge in [0.15, 0.2) is 0 Å². The lowest BCUT2D eigenvalue weighted by Crippen LogP contribution is -2.26. The molecule has 0 bridgehead atoms. The number of nitrogens with one attached hydrogen (secondary N) is 1. The summed E-state index contributed by atoms with van der Waals surface area (Å²) >= 11 is 0. The molecule has 1 atom stereocenters. The normalized spacial score (nSPS) is 11.9. The van der Waals surface area contributed by atoms with Gasteiger partial charge in [0.2, 0.25) is 0 Å². The summed E-state index contributed by atoms with van der Waals surface area (Å²) in [5, 5.41) is 12.1. The zero-order valence-electron chi connectivity index (χ0n) is 11.4. The Labute approximate surface area is 117 Å². The molecule has 0 aliphatic rings. The minimum absolute atomic E-state index is 0.0340. The zero-order chi connectivity index (χ0) is 14.7. The number of hydrogen-bond acceptors (Lipinski definition) is 2. The predicted octanol–water partition coefficient (Wildman–Crippen LogP) is 3.33. The van der Waals surface area contributed by atoms with Crippen molar-refractivity contribution in [1.82, 2.24) is 5.32 Å². The van der Waals surface area contributed by atoms with Crippen LogP contribution in [0.25, 0.3) is 0 Å². The number of aryl methyl sites for hydroxylation is 1. The molecule has 4 heteroatoms. The van der Waals surface area contributed by atoms with E-state index in [0.29, 0.717) is 16.7 Å². The lowest BCUT2D eigenvalue weighted by Gasteiger charge is -2.15. The third-order valence-corrected chi connectivity index (χ3v) is 3.15. The van der Waals surface area contributed by atoms with Crippen molar-refractivity contribution in [3.8, 4) is 5.75 Å². The maximum absolute atomic E-state index is 13.5. The molecule has 104 valence electrons. The number of phenols is 1. The van der Waals surface area contributed by atoms with Crippen molar-refractivity contribution in [1.29, 1.82) is 0 Å². The molecule has 0 saturated carbocycles. The summed E-state index contributed by atoms with van der Waals surface area (Å²) in [5.74, 6) is -0.568. The van der Waals surface area contributed by atoms with E-state index in [4.69, 9.17) is 0 Å². The van der Waals surface area contributed by atoms with Crippen molar-refractivity contribution in [3.05, 3.63) is 65.0 Å². The lowest BCUT2D eigenvalue weighted by atomic mass is 10.1. The monoisotopic (exact) mass is 273 g/mol. The van der Waals surface area contributed by atoms with Gasteiger partial charge in [-0.3, -0.25) is 4.79 Å². The number of amides is 1. The highest BCUT2D eigenvalue weighted by Crippen LogP contribution is 2.17. The van der Waals surface area contributed by atoms with Gasteiger partial charge in [-0.25, -0.2) is 4.39 Å².